The van der Waals surface area contributed by atoms with Crippen LogP contribution in [0.15, 0.2) is 42.6 Å². The molecule has 0 saturated carbocycles. The Morgan fingerprint density at radius 1 is 1.28 bits per heavy atom. The van der Waals surface area contributed by atoms with Gasteiger partial charge in [-0.05, 0) is 49.2 Å². The van der Waals surface area contributed by atoms with Crippen LogP contribution in [0.1, 0.15) is 36.0 Å². The first kappa shape index (κ1) is 19.3. The lowest BCUT2D eigenvalue weighted by Gasteiger charge is -2.24. The summed E-state index contributed by atoms with van der Waals surface area (Å²) in [5, 5.41) is 8.19. The number of hydrogen-bond donors (Lipinski definition) is 1. The van der Waals surface area contributed by atoms with E-state index in [0.29, 0.717) is 35.4 Å². The van der Waals surface area contributed by atoms with Gasteiger partial charge in [-0.3, -0.25) is 4.79 Å². The number of nitrogens with zero attached hydrogens (tertiary/aromatic N) is 2. The van der Waals surface area contributed by atoms with Gasteiger partial charge in [0.1, 0.15) is 5.82 Å². The van der Waals surface area contributed by atoms with Gasteiger partial charge in [-0.15, -0.1) is 0 Å². The maximum absolute atomic E-state index is 12.5. The molecule has 6 nitrogen and oxygen atoms in total. The summed E-state index contributed by atoms with van der Waals surface area (Å²) in [5.41, 5.74) is 3.67. The van der Waals surface area contributed by atoms with Crippen LogP contribution in [0.4, 0.5) is 5.82 Å². The molecule has 1 aliphatic heterocycles. The van der Waals surface area contributed by atoms with Gasteiger partial charge in [0.05, 0.1) is 25.6 Å². The number of carbonyl (C=O) groups excluding carboxylic acids is 1. The average molecular weight is 412 g/mol. The molecule has 0 fully saturated rings. The highest BCUT2D eigenvalue weighted by molar-refractivity contribution is 6.31. The van der Waals surface area contributed by atoms with Gasteiger partial charge in [0, 0.05) is 22.9 Å². The van der Waals surface area contributed by atoms with Gasteiger partial charge in [-0.25, -0.2) is 4.68 Å². The van der Waals surface area contributed by atoms with Gasteiger partial charge >= 0.3 is 0 Å². The molecular weight excluding hydrogens is 390 g/mol. The maximum Gasteiger partial charge on any atom is 0.226 e. The van der Waals surface area contributed by atoms with Gasteiger partial charge in [-0.1, -0.05) is 23.7 Å². The predicted octanol–water partition coefficient (Wildman–Crippen LogP) is 4.72. The number of anilines is 1. The van der Waals surface area contributed by atoms with Crippen LogP contribution < -0.4 is 14.8 Å². The summed E-state index contributed by atoms with van der Waals surface area (Å²) >= 11 is 6.29. The van der Waals surface area contributed by atoms with Crippen molar-refractivity contribution in [1.82, 2.24) is 9.78 Å². The monoisotopic (exact) mass is 411 g/mol. The summed E-state index contributed by atoms with van der Waals surface area (Å²) in [6, 6.07) is 11.4. The van der Waals surface area contributed by atoms with Crippen LogP contribution in [0.3, 0.4) is 0 Å². The number of amides is 1. The van der Waals surface area contributed by atoms with Gasteiger partial charge in [0.2, 0.25) is 5.91 Å². The van der Waals surface area contributed by atoms with E-state index in [2.05, 4.69) is 10.4 Å². The number of methoxy groups -OCH3 is 1. The van der Waals surface area contributed by atoms with Gasteiger partial charge < -0.3 is 14.8 Å². The van der Waals surface area contributed by atoms with Crippen LogP contribution in [0.2, 0.25) is 5.02 Å². The van der Waals surface area contributed by atoms with Crippen molar-refractivity contribution in [3.8, 4) is 17.2 Å². The fraction of sp³-hybridized carbons (Fsp3) is 0.273. The molecule has 3 aromatic rings. The third kappa shape index (κ3) is 3.44. The van der Waals surface area contributed by atoms with Gasteiger partial charge in [0.15, 0.2) is 11.5 Å². The van der Waals surface area contributed by atoms with E-state index in [1.807, 2.05) is 56.4 Å². The van der Waals surface area contributed by atoms with Crippen LogP contribution in [-0.4, -0.2) is 29.4 Å². The molecule has 2 heterocycles. The van der Waals surface area contributed by atoms with Crippen molar-refractivity contribution in [3.05, 3.63) is 64.3 Å². The zero-order valence-electron chi connectivity index (χ0n) is 16.5. The Balaban J connectivity index is 1.79. The number of halogens is 1. The first-order valence-electron chi connectivity index (χ1n) is 9.47. The molecule has 4 rings (SSSR count). The Bertz CT molecular complexity index is 1080. The summed E-state index contributed by atoms with van der Waals surface area (Å²) in [7, 11) is 1.61. The van der Waals surface area contributed by atoms with Crippen molar-refractivity contribution in [2.24, 2.45) is 0 Å². The minimum Gasteiger partial charge on any atom is -0.493 e. The molecule has 1 aliphatic rings. The average Bonchev–Trinajstić information content (AvgIpc) is 3.13. The second-order valence-corrected chi connectivity index (χ2v) is 7.30. The summed E-state index contributed by atoms with van der Waals surface area (Å²) in [4.78, 5) is 12.5. The molecule has 0 bridgehead atoms. The van der Waals surface area contributed by atoms with E-state index in [4.69, 9.17) is 21.1 Å². The predicted molar refractivity (Wildman–Crippen MR) is 113 cm³/mol. The summed E-state index contributed by atoms with van der Waals surface area (Å²) < 4.78 is 12.8. The number of ether oxygens (including phenoxy) is 2. The minimum atomic E-state index is -0.128. The van der Waals surface area contributed by atoms with E-state index in [-0.39, 0.29) is 11.8 Å². The fourth-order valence-corrected chi connectivity index (χ4v) is 3.87. The lowest BCUT2D eigenvalue weighted by Crippen LogP contribution is -2.24. The number of nitrogens with one attached hydrogen (secondary N) is 1. The Kier molecular flexibility index (Phi) is 5.20. The lowest BCUT2D eigenvalue weighted by molar-refractivity contribution is -0.116. The van der Waals surface area contributed by atoms with Crippen LogP contribution in [-0.2, 0) is 4.79 Å². The highest BCUT2D eigenvalue weighted by atomic mass is 35.5. The highest BCUT2D eigenvalue weighted by Crippen LogP contribution is 2.41. The first-order chi connectivity index (χ1) is 14.0. The maximum atomic E-state index is 12.5. The Hall–Kier alpha value is -2.99. The number of rotatable bonds is 5. The fourth-order valence-electron chi connectivity index (χ4n) is 3.70. The van der Waals surface area contributed by atoms with E-state index < -0.39 is 0 Å². The number of benzene rings is 2. The van der Waals surface area contributed by atoms with E-state index in [1.165, 1.54) is 0 Å². The molecule has 0 radical (unpaired) electrons. The Labute approximate surface area is 174 Å². The summed E-state index contributed by atoms with van der Waals surface area (Å²) in [5.74, 6) is 1.82. The molecule has 1 amide bonds. The molecule has 1 atom stereocenters. The SMILES string of the molecule is CCOc1ccc(C2CC(=O)Nc3c2cnn3-c2cccc(Cl)c2C)cc1OC. The van der Waals surface area contributed by atoms with E-state index in [0.717, 1.165) is 22.4 Å². The number of fused-ring (bicyclic) bond motifs is 1. The molecule has 7 heteroatoms. The van der Waals surface area contributed by atoms with Crippen molar-refractivity contribution in [2.45, 2.75) is 26.2 Å². The van der Waals surface area contributed by atoms with E-state index in [9.17, 15) is 4.79 Å². The van der Waals surface area contributed by atoms with Crippen LogP contribution in [0.5, 0.6) is 11.5 Å². The largest absolute Gasteiger partial charge is 0.493 e. The quantitative estimate of drug-likeness (QED) is 0.660. The van der Waals surface area contributed by atoms with Crippen LogP contribution in [0, 0.1) is 6.92 Å². The lowest BCUT2D eigenvalue weighted by atomic mass is 9.87. The first-order valence-corrected chi connectivity index (χ1v) is 9.85. The summed E-state index contributed by atoms with van der Waals surface area (Å²) in [6.07, 6.45) is 2.15. The number of aromatic nitrogens is 2. The number of carbonyl (C=O) groups is 1. The standard InChI is InChI=1S/C22H22ClN3O3/c1-4-29-19-9-8-14(10-20(19)28-3)15-11-21(27)25-22-16(15)12-24-26(22)18-7-5-6-17(23)13(18)2/h5-10,12,15H,4,11H2,1-3H3,(H,25,27). The van der Waals surface area contributed by atoms with Crippen molar-refractivity contribution in [2.75, 3.05) is 19.0 Å². The number of hydrogen-bond acceptors (Lipinski definition) is 4. The minimum absolute atomic E-state index is 0.0585. The molecule has 29 heavy (non-hydrogen) atoms. The molecule has 2 aromatic carbocycles. The smallest absolute Gasteiger partial charge is 0.226 e. The third-order valence-electron chi connectivity index (χ3n) is 5.18. The molecule has 0 spiro atoms. The zero-order chi connectivity index (χ0) is 20.5. The molecule has 0 aliphatic carbocycles. The molecule has 150 valence electrons. The topological polar surface area (TPSA) is 65.4 Å². The van der Waals surface area contributed by atoms with Crippen LogP contribution in [0.25, 0.3) is 5.69 Å². The molecule has 1 aromatic heterocycles. The molecule has 1 N–H and O–H groups in total. The van der Waals surface area contributed by atoms with Gasteiger partial charge in [-0.2, -0.15) is 5.10 Å². The second kappa shape index (κ2) is 7.79. The van der Waals surface area contributed by atoms with E-state index >= 15 is 0 Å². The van der Waals surface area contributed by atoms with Crippen molar-refractivity contribution in [3.63, 3.8) is 0 Å². The van der Waals surface area contributed by atoms with Crippen molar-refractivity contribution >= 4 is 23.3 Å². The normalized spacial score (nSPS) is 15.6. The van der Waals surface area contributed by atoms with Crippen molar-refractivity contribution < 1.29 is 14.3 Å². The van der Waals surface area contributed by atoms with Crippen molar-refractivity contribution in [1.29, 1.82) is 0 Å². The second-order valence-electron chi connectivity index (χ2n) is 6.89. The highest BCUT2D eigenvalue weighted by Gasteiger charge is 2.31. The third-order valence-corrected chi connectivity index (χ3v) is 5.59. The Morgan fingerprint density at radius 2 is 2.10 bits per heavy atom. The molecule has 0 saturated heterocycles. The van der Waals surface area contributed by atoms with Gasteiger partial charge in [0.25, 0.3) is 0 Å². The van der Waals surface area contributed by atoms with E-state index in [1.54, 1.807) is 11.8 Å². The zero-order valence-corrected chi connectivity index (χ0v) is 17.3. The van der Waals surface area contributed by atoms with Crippen LogP contribution >= 0.6 is 11.6 Å². The summed E-state index contributed by atoms with van der Waals surface area (Å²) in [6.45, 7) is 4.42. The molecule has 1 unspecified atom stereocenters. The Morgan fingerprint density at radius 3 is 2.86 bits per heavy atom. The molecular formula is C22H22ClN3O3.